The second kappa shape index (κ2) is 5.60. The molecule has 0 bridgehead atoms. The number of pyridine rings is 1. The van der Waals surface area contributed by atoms with E-state index in [9.17, 15) is 14.0 Å². The van der Waals surface area contributed by atoms with E-state index in [4.69, 9.17) is 0 Å². The molecule has 3 rings (SSSR count). The number of hydrogen-bond donors (Lipinski definition) is 1. The van der Waals surface area contributed by atoms with Crippen molar-refractivity contribution < 1.29 is 9.18 Å². The van der Waals surface area contributed by atoms with Gasteiger partial charge in [0.15, 0.2) is 5.69 Å². The van der Waals surface area contributed by atoms with Crippen molar-refractivity contribution in [2.75, 3.05) is 5.32 Å². The number of rotatable bonds is 2. The maximum absolute atomic E-state index is 13.4. The fourth-order valence-corrected chi connectivity index (χ4v) is 2.28. The van der Waals surface area contributed by atoms with Crippen LogP contribution in [0.1, 0.15) is 16.1 Å². The maximum atomic E-state index is 13.4. The van der Waals surface area contributed by atoms with Crippen LogP contribution in [0, 0.1) is 12.7 Å². The largest absolute Gasteiger partial charge is 0.305 e. The zero-order valence-corrected chi connectivity index (χ0v) is 12.5. The minimum absolute atomic E-state index is 0.102. The summed E-state index contributed by atoms with van der Waals surface area (Å²) in [5, 5.41) is 6.62. The zero-order chi connectivity index (χ0) is 16.6. The molecule has 7 heteroatoms. The Kier molecular flexibility index (Phi) is 3.61. The van der Waals surface area contributed by atoms with Crippen LogP contribution in [0.15, 0.2) is 41.3 Å². The Morgan fingerprint density at radius 3 is 2.78 bits per heavy atom. The molecule has 23 heavy (non-hydrogen) atoms. The van der Waals surface area contributed by atoms with Gasteiger partial charge in [0.1, 0.15) is 11.6 Å². The number of anilines is 1. The van der Waals surface area contributed by atoms with Gasteiger partial charge in [0.25, 0.3) is 5.91 Å². The molecule has 0 unspecified atom stereocenters. The van der Waals surface area contributed by atoms with Crippen molar-refractivity contribution >= 4 is 22.6 Å². The van der Waals surface area contributed by atoms with Crippen LogP contribution in [0.2, 0.25) is 0 Å². The molecule has 0 aliphatic rings. The summed E-state index contributed by atoms with van der Waals surface area (Å²) in [7, 11) is 1.58. The van der Waals surface area contributed by atoms with Crippen molar-refractivity contribution in [3.63, 3.8) is 0 Å². The number of carbonyl (C=O) groups is 1. The second-order valence-electron chi connectivity index (χ2n) is 5.14. The molecule has 6 nitrogen and oxygen atoms in total. The van der Waals surface area contributed by atoms with E-state index < -0.39 is 17.2 Å². The van der Waals surface area contributed by atoms with E-state index in [0.29, 0.717) is 11.3 Å². The summed E-state index contributed by atoms with van der Waals surface area (Å²) in [5.74, 6) is -0.916. The van der Waals surface area contributed by atoms with Gasteiger partial charge in [-0.2, -0.15) is 5.10 Å². The lowest BCUT2D eigenvalue weighted by Crippen LogP contribution is -2.26. The third-order valence-corrected chi connectivity index (χ3v) is 3.39. The molecule has 0 aliphatic carbocycles. The number of aromatic nitrogens is 3. The van der Waals surface area contributed by atoms with Gasteiger partial charge in [-0.1, -0.05) is 0 Å². The first kappa shape index (κ1) is 14.8. The van der Waals surface area contributed by atoms with Crippen molar-refractivity contribution in [3.05, 3.63) is 63.8 Å². The van der Waals surface area contributed by atoms with Gasteiger partial charge in [0, 0.05) is 13.2 Å². The third-order valence-electron chi connectivity index (χ3n) is 3.39. The zero-order valence-electron chi connectivity index (χ0n) is 12.5. The van der Waals surface area contributed by atoms with Crippen LogP contribution in [-0.2, 0) is 7.05 Å². The fourth-order valence-electron chi connectivity index (χ4n) is 2.28. The summed E-state index contributed by atoms with van der Waals surface area (Å²) in [6.07, 6.45) is 1.55. The molecule has 2 heterocycles. The lowest BCUT2D eigenvalue weighted by molar-refractivity contribution is 0.101. The molecule has 0 atom stereocenters. The summed E-state index contributed by atoms with van der Waals surface area (Å²) >= 11 is 0. The van der Waals surface area contributed by atoms with Gasteiger partial charge >= 0.3 is 0 Å². The quantitative estimate of drug-likeness (QED) is 0.785. The molecule has 1 aromatic carbocycles. The standard InChI is InChI=1S/C16H13FN4O2/c1-9-5-6-18-13(7-9)19-16(23)14-15(22)11-8-10(17)3-4-12(11)21(2)20-14/h3-8H,1-2H3,(H,18,19,23). The predicted octanol–water partition coefficient (Wildman–Crippen LogP) is 2.03. The first-order valence-corrected chi connectivity index (χ1v) is 6.86. The summed E-state index contributed by atoms with van der Waals surface area (Å²) in [5.41, 5.74) is 0.426. The van der Waals surface area contributed by atoms with E-state index in [2.05, 4.69) is 15.4 Å². The number of amides is 1. The average molecular weight is 312 g/mol. The van der Waals surface area contributed by atoms with Crippen LogP contribution >= 0.6 is 0 Å². The molecule has 1 amide bonds. The van der Waals surface area contributed by atoms with E-state index in [1.807, 2.05) is 6.92 Å². The Labute approximate surface area is 130 Å². The number of halogens is 1. The minimum Gasteiger partial charge on any atom is -0.305 e. The molecule has 3 aromatic rings. The molecule has 0 saturated heterocycles. The molecular formula is C16H13FN4O2. The highest BCUT2D eigenvalue weighted by molar-refractivity contribution is 6.03. The van der Waals surface area contributed by atoms with E-state index in [1.54, 1.807) is 25.4 Å². The summed E-state index contributed by atoms with van der Waals surface area (Å²) < 4.78 is 14.8. The molecule has 1 N–H and O–H groups in total. The predicted molar refractivity (Wildman–Crippen MR) is 83.9 cm³/mol. The molecular weight excluding hydrogens is 299 g/mol. The van der Waals surface area contributed by atoms with Gasteiger partial charge in [-0.05, 0) is 42.8 Å². The Morgan fingerprint density at radius 2 is 2.04 bits per heavy atom. The molecule has 2 aromatic heterocycles. The smallest absolute Gasteiger partial charge is 0.281 e. The highest BCUT2D eigenvalue weighted by Crippen LogP contribution is 2.12. The van der Waals surface area contributed by atoms with Crippen molar-refractivity contribution in [1.82, 2.24) is 14.8 Å². The van der Waals surface area contributed by atoms with E-state index >= 15 is 0 Å². The van der Waals surface area contributed by atoms with Crippen LogP contribution in [-0.4, -0.2) is 20.7 Å². The third kappa shape index (κ3) is 2.80. The Bertz CT molecular complexity index is 981. The van der Waals surface area contributed by atoms with Crippen LogP contribution in [0.3, 0.4) is 0 Å². The van der Waals surface area contributed by atoms with E-state index in [1.165, 1.54) is 16.8 Å². The summed E-state index contributed by atoms with van der Waals surface area (Å²) in [6.45, 7) is 1.85. The molecule has 0 aliphatic heterocycles. The van der Waals surface area contributed by atoms with E-state index in [0.717, 1.165) is 11.6 Å². The summed E-state index contributed by atoms with van der Waals surface area (Å²) in [4.78, 5) is 28.7. The highest BCUT2D eigenvalue weighted by atomic mass is 19.1. The number of nitrogens with zero attached hydrogens (tertiary/aromatic N) is 3. The Hall–Kier alpha value is -3.09. The van der Waals surface area contributed by atoms with Crippen LogP contribution in [0.5, 0.6) is 0 Å². The van der Waals surface area contributed by atoms with Gasteiger partial charge in [-0.25, -0.2) is 9.37 Å². The number of aryl methyl sites for hydroxylation is 2. The van der Waals surface area contributed by atoms with Crippen LogP contribution in [0.25, 0.3) is 10.9 Å². The van der Waals surface area contributed by atoms with Gasteiger partial charge in [-0.3, -0.25) is 14.3 Å². The van der Waals surface area contributed by atoms with Crippen molar-refractivity contribution in [1.29, 1.82) is 0 Å². The number of benzene rings is 1. The monoisotopic (exact) mass is 312 g/mol. The second-order valence-corrected chi connectivity index (χ2v) is 5.14. The minimum atomic E-state index is -0.685. The van der Waals surface area contributed by atoms with Gasteiger partial charge in [-0.15, -0.1) is 0 Å². The topological polar surface area (TPSA) is 76.9 Å². The number of nitrogens with one attached hydrogen (secondary N) is 1. The normalized spacial score (nSPS) is 10.7. The number of fused-ring (bicyclic) bond motifs is 1. The fraction of sp³-hybridized carbons (Fsp3) is 0.125. The van der Waals surface area contributed by atoms with Crippen molar-refractivity contribution in [2.24, 2.45) is 7.05 Å². The van der Waals surface area contributed by atoms with Crippen molar-refractivity contribution in [3.8, 4) is 0 Å². The maximum Gasteiger partial charge on any atom is 0.281 e. The van der Waals surface area contributed by atoms with E-state index in [-0.39, 0.29) is 11.1 Å². The van der Waals surface area contributed by atoms with Crippen LogP contribution in [0.4, 0.5) is 10.2 Å². The molecule has 0 spiro atoms. The highest BCUT2D eigenvalue weighted by Gasteiger charge is 2.17. The molecule has 0 radical (unpaired) electrons. The first-order chi connectivity index (χ1) is 11.0. The molecule has 0 saturated carbocycles. The van der Waals surface area contributed by atoms with Crippen LogP contribution < -0.4 is 10.7 Å². The first-order valence-electron chi connectivity index (χ1n) is 6.86. The number of hydrogen-bond acceptors (Lipinski definition) is 4. The Morgan fingerprint density at radius 1 is 1.26 bits per heavy atom. The average Bonchev–Trinajstić information content (AvgIpc) is 2.50. The Balaban J connectivity index is 2.07. The van der Waals surface area contributed by atoms with Crippen molar-refractivity contribution in [2.45, 2.75) is 6.92 Å². The SMILES string of the molecule is Cc1ccnc(NC(=O)c2nn(C)c3ccc(F)cc3c2=O)c1. The summed E-state index contributed by atoms with van der Waals surface area (Å²) in [6, 6.07) is 7.23. The lowest BCUT2D eigenvalue weighted by atomic mass is 10.2. The number of carbonyl (C=O) groups excluding carboxylic acids is 1. The molecule has 0 fully saturated rings. The van der Waals surface area contributed by atoms with Gasteiger partial charge in [0.05, 0.1) is 10.9 Å². The lowest BCUT2D eigenvalue weighted by Gasteiger charge is -2.08. The van der Waals surface area contributed by atoms with Gasteiger partial charge < -0.3 is 5.32 Å². The molecule has 116 valence electrons. The van der Waals surface area contributed by atoms with Gasteiger partial charge in [0.2, 0.25) is 5.43 Å².